The van der Waals surface area contributed by atoms with Crippen LogP contribution in [-0.4, -0.2) is 19.9 Å². The number of carbonyl (C=O) groups is 1. The summed E-state index contributed by atoms with van der Waals surface area (Å²) in [5.41, 5.74) is 1.94. The van der Waals surface area contributed by atoms with E-state index in [-0.39, 0.29) is 12.8 Å². The molecule has 1 atom stereocenters. The zero-order valence-corrected chi connectivity index (χ0v) is 18.3. The molecule has 3 aromatic carbocycles. The Morgan fingerprint density at radius 3 is 2.25 bits per heavy atom. The third-order valence-electron chi connectivity index (χ3n) is 5.48. The van der Waals surface area contributed by atoms with Crippen LogP contribution in [0.1, 0.15) is 16.7 Å². The average molecular weight is 473 g/mol. The van der Waals surface area contributed by atoms with E-state index in [2.05, 4.69) is 9.90 Å². The number of nitrogens with one attached hydrogen (secondary N) is 1. The molecule has 0 fully saturated rings. The molecule has 6 nitrogen and oxygen atoms in total. The van der Waals surface area contributed by atoms with Gasteiger partial charge in [0.15, 0.2) is 0 Å². The lowest BCUT2D eigenvalue weighted by Crippen LogP contribution is -2.54. The molecule has 1 amide bonds. The van der Waals surface area contributed by atoms with Crippen molar-refractivity contribution in [1.29, 1.82) is 0 Å². The molecule has 0 heterocycles. The SMILES string of the molecule is O=NC(=O)C1(NS(=O)(=O)Cc2ccc(F)cc2)Cc2ccc(-c3ccc(Cl)cc3)cc2C1. The summed E-state index contributed by atoms with van der Waals surface area (Å²) in [4.78, 5) is 23.7. The van der Waals surface area contributed by atoms with Gasteiger partial charge in [-0.25, -0.2) is 12.8 Å². The second-order valence-electron chi connectivity index (χ2n) is 7.81. The summed E-state index contributed by atoms with van der Waals surface area (Å²) < 4.78 is 41.2. The number of rotatable bonds is 6. The first-order valence-corrected chi connectivity index (χ1v) is 11.7. The van der Waals surface area contributed by atoms with Gasteiger partial charge in [0, 0.05) is 23.0 Å². The smallest absolute Gasteiger partial charge is 0.267 e. The van der Waals surface area contributed by atoms with Gasteiger partial charge in [-0.05, 0) is 52.1 Å². The van der Waals surface area contributed by atoms with E-state index in [1.807, 2.05) is 30.3 Å². The summed E-state index contributed by atoms with van der Waals surface area (Å²) >= 11 is 5.95. The Bertz CT molecular complexity index is 1290. The molecule has 1 aliphatic rings. The van der Waals surface area contributed by atoms with E-state index in [0.29, 0.717) is 10.6 Å². The molecule has 0 bridgehead atoms. The molecule has 9 heteroatoms. The molecular formula is C23H18ClFN2O4S. The molecule has 32 heavy (non-hydrogen) atoms. The number of carbonyl (C=O) groups excluding carboxylic acids is 1. The summed E-state index contributed by atoms with van der Waals surface area (Å²) in [6.45, 7) is 0. The lowest BCUT2D eigenvalue weighted by molar-refractivity contribution is -0.123. The third kappa shape index (κ3) is 4.62. The molecule has 0 aromatic heterocycles. The zero-order valence-electron chi connectivity index (χ0n) is 16.7. The maximum atomic E-state index is 13.1. The Kier molecular flexibility index (Phi) is 5.94. The Morgan fingerprint density at radius 2 is 1.59 bits per heavy atom. The van der Waals surface area contributed by atoms with E-state index >= 15 is 0 Å². The van der Waals surface area contributed by atoms with Crippen molar-refractivity contribution in [3.8, 4) is 11.1 Å². The van der Waals surface area contributed by atoms with Gasteiger partial charge in [-0.1, -0.05) is 54.1 Å². The summed E-state index contributed by atoms with van der Waals surface area (Å²) in [5, 5.41) is 3.14. The fraction of sp³-hybridized carbons (Fsp3) is 0.174. The second kappa shape index (κ2) is 8.54. The second-order valence-corrected chi connectivity index (χ2v) is 9.97. The Morgan fingerprint density at radius 1 is 0.969 bits per heavy atom. The van der Waals surface area contributed by atoms with Crippen molar-refractivity contribution >= 4 is 27.5 Å². The van der Waals surface area contributed by atoms with Crippen LogP contribution in [0.25, 0.3) is 11.1 Å². The molecule has 4 rings (SSSR count). The lowest BCUT2D eigenvalue weighted by Gasteiger charge is -2.25. The summed E-state index contributed by atoms with van der Waals surface area (Å²) in [7, 11) is -4.04. The standard InChI is InChI=1S/C23H18ClFN2O4S/c24-20-7-5-16(6-8-20)17-3-4-18-12-23(22(28)26-29,13-19(18)11-17)27-32(30,31)14-15-1-9-21(25)10-2-15/h1-11,27H,12-14H2. The minimum absolute atomic E-state index is 0.00299. The summed E-state index contributed by atoms with van der Waals surface area (Å²) in [5.74, 6) is -2.03. The maximum Gasteiger partial charge on any atom is 0.307 e. The van der Waals surface area contributed by atoms with Crippen LogP contribution >= 0.6 is 11.6 Å². The van der Waals surface area contributed by atoms with Crippen LogP contribution in [0, 0.1) is 10.7 Å². The topological polar surface area (TPSA) is 92.7 Å². The van der Waals surface area contributed by atoms with Crippen molar-refractivity contribution in [3.05, 3.63) is 99.2 Å². The summed E-state index contributed by atoms with van der Waals surface area (Å²) in [6.07, 6.45) is 0.00738. The monoisotopic (exact) mass is 472 g/mol. The highest BCUT2D eigenvalue weighted by Crippen LogP contribution is 2.35. The molecule has 0 spiro atoms. The molecule has 1 N–H and O–H groups in total. The number of nitrogens with zero attached hydrogens (tertiary/aromatic N) is 1. The van der Waals surface area contributed by atoms with Crippen LogP contribution in [0.15, 0.2) is 71.9 Å². The highest BCUT2D eigenvalue weighted by atomic mass is 35.5. The number of benzene rings is 3. The molecule has 0 aliphatic heterocycles. The molecule has 0 saturated carbocycles. The number of fused-ring (bicyclic) bond motifs is 1. The molecular weight excluding hydrogens is 455 g/mol. The number of nitroso groups, excluding NO2 is 1. The van der Waals surface area contributed by atoms with Gasteiger partial charge in [0.1, 0.15) is 11.4 Å². The minimum Gasteiger partial charge on any atom is -0.267 e. The number of amides is 1. The Labute approximate surface area is 189 Å². The van der Waals surface area contributed by atoms with Crippen LogP contribution in [0.2, 0.25) is 5.02 Å². The quantitative estimate of drug-likeness (QED) is 0.538. The number of hydrogen-bond acceptors (Lipinski definition) is 4. The van der Waals surface area contributed by atoms with Crippen molar-refractivity contribution in [3.63, 3.8) is 0 Å². The van der Waals surface area contributed by atoms with E-state index in [9.17, 15) is 22.5 Å². The van der Waals surface area contributed by atoms with Crippen LogP contribution < -0.4 is 4.72 Å². The van der Waals surface area contributed by atoms with Crippen LogP contribution in [-0.2, 0) is 33.4 Å². The first-order valence-electron chi connectivity index (χ1n) is 9.71. The van der Waals surface area contributed by atoms with Gasteiger partial charge in [0.25, 0.3) is 0 Å². The van der Waals surface area contributed by atoms with Gasteiger partial charge in [-0.15, -0.1) is 4.91 Å². The molecule has 0 saturated heterocycles. The average Bonchev–Trinajstić information content (AvgIpc) is 3.12. The Balaban J connectivity index is 1.62. The van der Waals surface area contributed by atoms with Gasteiger partial charge >= 0.3 is 5.91 Å². The first kappa shape index (κ1) is 22.3. The van der Waals surface area contributed by atoms with Crippen molar-refractivity contribution < 1.29 is 17.6 Å². The van der Waals surface area contributed by atoms with E-state index in [0.717, 1.165) is 34.4 Å². The fourth-order valence-corrected chi connectivity index (χ4v) is 5.64. The normalized spacial score (nSPS) is 17.7. The Hall–Kier alpha value is -2.94. The van der Waals surface area contributed by atoms with Gasteiger partial charge in [0.05, 0.1) is 5.75 Å². The minimum atomic E-state index is -4.04. The zero-order chi connectivity index (χ0) is 22.9. The maximum absolute atomic E-state index is 13.1. The molecule has 164 valence electrons. The van der Waals surface area contributed by atoms with Crippen LogP contribution in [0.4, 0.5) is 4.39 Å². The van der Waals surface area contributed by atoms with Gasteiger partial charge in [0.2, 0.25) is 10.0 Å². The molecule has 3 aromatic rings. The van der Waals surface area contributed by atoms with Crippen molar-refractivity contribution in [2.75, 3.05) is 0 Å². The fourth-order valence-electron chi connectivity index (χ4n) is 3.99. The summed E-state index contributed by atoms with van der Waals surface area (Å²) in [6, 6.07) is 17.8. The highest BCUT2D eigenvalue weighted by molar-refractivity contribution is 7.88. The number of hydrogen-bond donors (Lipinski definition) is 1. The number of sulfonamides is 1. The van der Waals surface area contributed by atoms with Crippen LogP contribution in [0.5, 0.6) is 0 Å². The molecule has 0 radical (unpaired) electrons. The van der Waals surface area contributed by atoms with Crippen molar-refractivity contribution in [2.24, 2.45) is 5.18 Å². The lowest BCUT2D eigenvalue weighted by atomic mass is 9.96. The van der Waals surface area contributed by atoms with E-state index in [1.165, 1.54) is 12.1 Å². The predicted molar refractivity (Wildman–Crippen MR) is 120 cm³/mol. The van der Waals surface area contributed by atoms with Crippen LogP contribution in [0.3, 0.4) is 0 Å². The van der Waals surface area contributed by atoms with E-state index in [1.54, 1.807) is 12.1 Å². The van der Waals surface area contributed by atoms with Gasteiger partial charge in [-0.2, -0.15) is 4.72 Å². The van der Waals surface area contributed by atoms with E-state index in [4.69, 9.17) is 11.6 Å². The third-order valence-corrected chi connectivity index (χ3v) is 7.15. The predicted octanol–water partition coefficient (Wildman–Crippen LogP) is 4.40. The van der Waals surface area contributed by atoms with Gasteiger partial charge in [-0.3, -0.25) is 4.79 Å². The largest absolute Gasteiger partial charge is 0.307 e. The van der Waals surface area contributed by atoms with E-state index < -0.39 is 33.0 Å². The molecule has 1 unspecified atom stereocenters. The van der Waals surface area contributed by atoms with Gasteiger partial charge < -0.3 is 0 Å². The highest BCUT2D eigenvalue weighted by Gasteiger charge is 2.47. The van der Waals surface area contributed by atoms with Crippen molar-refractivity contribution in [1.82, 2.24) is 4.72 Å². The first-order chi connectivity index (χ1) is 15.2. The van der Waals surface area contributed by atoms with Crippen molar-refractivity contribution in [2.45, 2.75) is 24.1 Å². The molecule has 1 aliphatic carbocycles. The number of halogens is 2.